The van der Waals surface area contributed by atoms with Crippen molar-refractivity contribution < 1.29 is 0 Å². The van der Waals surface area contributed by atoms with Crippen molar-refractivity contribution in [1.29, 1.82) is 0 Å². The third kappa shape index (κ3) is 3.81. The van der Waals surface area contributed by atoms with Gasteiger partial charge in [0.25, 0.3) is 0 Å². The van der Waals surface area contributed by atoms with Crippen LogP contribution < -0.4 is 5.32 Å². The van der Waals surface area contributed by atoms with Gasteiger partial charge in [0, 0.05) is 51.4 Å². The number of piperazine rings is 1. The number of hydrogen-bond acceptors (Lipinski definition) is 5. The zero-order valence-corrected chi connectivity index (χ0v) is 16.5. The maximum absolute atomic E-state index is 4.99. The Morgan fingerprint density at radius 2 is 1.88 bits per heavy atom. The molecule has 1 aliphatic carbocycles. The normalized spacial score (nSPS) is 32.2. The molecule has 2 saturated heterocycles. The van der Waals surface area contributed by atoms with E-state index in [1.807, 2.05) is 0 Å². The van der Waals surface area contributed by atoms with Crippen molar-refractivity contribution in [3.8, 4) is 0 Å². The Labute approximate surface area is 158 Å². The zero-order valence-electron chi connectivity index (χ0n) is 16.5. The average molecular weight is 359 g/mol. The molecule has 0 amide bonds. The lowest BCUT2D eigenvalue weighted by Gasteiger charge is -2.42. The van der Waals surface area contributed by atoms with Crippen molar-refractivity contribution in [2.45, 2.75) is 44.6 Å². The standard InChI is InChI=1S/C20H34N6/c1-20-8-4-3-7-17(20)18(22-19(23-20)26-10-5-6-11-26)21-9-12-25-15-13-24(2)14-16-25/h7H,3-6,8-16H2,1-2H3,(H,21,22,23). The number of allylic oxidation sites excluding steroid dienone is 1. The molecule has 6 nitrogen and oxygen atoms in total. The number of nitrogens with zero attached hydrogens (tertiary/aromatic N) is 5. The summed E-state index contributed by atoms with van der Waals surface area (Å²) in [7, 11) is 2.21. The Morgan fingerprint density at radius 3 is 2.65 bits per heavy atom. The van der Waals surface area contributed by atoms with Gasteiger partial charge in [0.1, 0.15) is 0 Å². The molecule has 4 aliphatic rings. The van der Waals surface area contributed by atoms with Gasteiger partial charge in [-0.1, -0.05) is 6.08 Å². The second-order valence-electron chi connectivity index (χ2n) is 8.45. The molecule has 3 aliphatic heterocycles. The second-order valence-corrected chi connectivity index (χ2v) is 8.45. The molecule has 0 saturated carbocycles. The van der Waals surface area contributed by atoms with Crippen LogP contribution in [0.3, 0.4) is 0 Å². The van der Waals surface area contributed by atoms with E-state index < -0.39 is 0 Å². The smallest absolute Gasteiger partial charge is 0.201 e. The summed E-state index contributed by atoms with van der Waals surface area (Å²) in [5, 5.41) is 3.76. The van der Waals surface area contributed by atoms with Gasteiger partial charge in [0.05, 0.1) is 12.1 Å². The summed E-state index contributed by atoms with van der Waals surface area (Å²) >= 11 is 0. The summed E-state index contributed by atoms with van der Waals surface area (Å²) in [6, 6.07) is 0. The van der Waals surface area contributed by atoms with Gasteiger partial charge in [-0.2, -0.15) is 4.99 Å². The first kappa shape index (κ1) is 18.0. The van der Waals surface area contributed by atoms with Crippen LogP contribution in [0.4, 0.5) is 0 Å². The minimum absolute atomic E-state index is 0.00456. The average Bonchev–Trinajstić information content (AvgIpc) is 3.17. The molecule has 2 fully saturated rings. The van der Waals surface area contributed by atoms with E-state index in [0.717, 1.165) is 57.5 Å². The molecule has 0 aromatic carbocycles. The van der Waals surface area contributed by atoms with E-state index >= 15 is 0 Å². The van der Waals surface area contributed by atoms with E-state index in [1.165, 1.54) is 44.3 Å². The fourth-order valence-electron chi connectivity index (χ4n) is 4.53. The fraction of sp³-hybridized carbons (Fsp3) is 0.800. The Hall–Kier alpha value is -1.40. The van der Waals surface area contributed by atoms with Crippen molar-refractivity contribution in [2.75, 3.05) is 59.4 Å². The quantitative estimate of drug-likeness (QED) is 0.832. The van der Waals surface area contributed by atoms with Crippen LogP contribution in [0, 0.1) is 0 Å². The molecule has 1 N–H and O–H groups in total. The molecular weight excluding hydrogens is 324 g/mol. The number of likely N-dealkylation sites (N-methyl/N-ethyl adjacent to an activating group) is 1. The third-order valence-electron chi connectivity index (χ3n) is 6.34. The predicted octanol–water partition coefficient (Wildman–Crippen LogP) is 1.56. The summed E-state index contributed by atoms with van der Waals surface area (Å²) in [4.78, 5) is 17.3. The van der Waals surface area contributed by atoms with Crippen LogP contribution in [0.1, 0.15) is 39.0 Å². The molecule has 144 valence electrons. The molecule has 0 spiro atoms. The van der Waals surface area contributed by atoms with E-state index in [2.05, 4.69) is 40.1 Å². The van der Waals surface area contributed by atoms with Gasteiger partial charge in [-0.25, -0.2) is 0 Å². The largest absolute Gasteiger partial charge is 0.347 e. The fourth-order valence-corrected chi connectivity index (χ4v) is 4.53. The number of hydrogen-bond donors (Lipinski definition) is 1. The lowest BCUT2D eigenvalue weighted by atomic mass is 9.80. The van der Waals surface area contributed by atoms with Gasteiger partial charge in [-0.3, -0.25) is 9.89 Å². The number of nitrogens with one attached hydrogen (secondary N) is 1. The highest BCUT2D eigenvalue weighted by molar-refractivity contribution is 6.10. The molecule has 1 atom stereocenters. The SMILES string of the molecule is CN1CCN(CCN=C2N=C(N3CCCC3)NC3(C)CCCC=C23)CC1. The lowest BCUT2D eigenvalue weighted by Crippen LogP contribution is -2.58. The van der Waals surface area contributed by atoms with Gasteiger partial charge >= 0.3 is 0 Å². The molecule has 0 aromatic heterocycles. The minimum Gasteiger partial charge on any atom is -0.347 e. The van der Waals surface area contributed by atoms with Crippen LogP contribution in [0.15, 0.2) is 21.6 Å². The summed E-state index contributed by atoms with van der Waals surface area (Å²) in [6.07, 6.45) is 8.48. The first-order valence-electron chi connectivity index (χ1n) is 10.4. The highest BCUT2D eigenvalue weighted by atomic mass is 15.3. The minimum atomic E-state index is 0.00456. The summed E-state index contributed by atoms with van der Waals surface area (Å²) < 4.78 is 0. The number of aliphatic imine (C=N–C) groups is 2. The molecule has 6 heteroatoms. The lowest BCUT2D eigenvalue weighted by molar-refractivity contribution is 0.157. The van der Waals surface area contributed by atoms with Crippen molar-refractivity contribution >= 4 is 11.8 Å². The van der Waals surface area contributed by atoms with Gasteiger partial charge in [0.2, 0.25) is 5.96 Å². The summed E-state index contributed by atoms with van der Waals surface area (Å²) in [5.41, 5.74) is 1.33. The first-order chi connectivity index (χ1) is 12.6. The second kappa shape index (κ2) is 7.69. The number of guanidine groups is 1. The van der Waals surface area contributed by atoms with E-state index in [1.54, 1.807) is 0 Å². The summed E-state index contributed by atoms with van der Waals surface area (Å²) in [6.45, 7) is 11.1. The number of likely N-dealkylation sites (tertiary alicyclic amines) is 1. The molecule has 3 heterocycles. The molecule has 1 unspecified atom stereocenters. The third-order valence-corrected chi connectivity index (χ3v) is 6.34. The van der Waals surface area contributed by atoms with Gasteiger partial charge in [0.15, 0.2) is 5.84 Å². The van der Waals surface area contributed by atoms with Gasteiger partial charge < -0.3 is 15.1 Å². The van der Waals surface area contributed by atoms with Crippen molar-refractivity contribution in [3.05, 3.63) is 11.6 Å². The highest BCUT2D eigenvalue weighted by Gasteiger charge is 2.39. The van der Waals surface area contributed by atoms with Crippen molar-refractivity contribution in [2.24, 2.45) is 9.98 Å². The van der Waals surface area contributed by atoms with Crippen LogP contribution in [0.5, 0.6) is 0 Å². The highest BCUT2D eigenvalue weighted by Crippen LogP contribution is 2.33. The molecular formula is C20H34N6. The van der Waals surface area contributed by atoms with Crippen LogP contribution >= 0.6 is 0 Å². The monoisotopic (exact) mass is 358 g/mol. The Balaban J connectivity index is 1.49. The van der Waals surface area contributed by atoms with Crippen LogP contribution in [0.25, 0.3) is 0 Å². The first-order valence-corrected chi connectivity index (χ1v) is 10.4. The van der Waals surface area contributed by atoms with Crippen LogP contribution in [-0.2, 0) is 0 Å². The Morgan fingerprint density at radius 1 is 1.12 bits per heavy atom. The Bertz CT molecular complexity index is 595. The molecule has 0 bridgehead atoms. The number of amidine groups is 1. The molecule has 0 radical (unpaired) electrons. The molecule has 26 heavy (non-hydrogen) atoms. The van der Waals surface area contributed by atoms with E-state index in [-0.39, 0.29) is 5.54 Å². The van der Waals surface area contributed by atoms with Gasteiger partial charge in [-0.05, 0) is 46.1 Å². The van der Waals surface area contributed by atoms with E-state index in [9.17, 15) is 0 Å². The predicted molar refractivity (Wildman–Crippen MR) is 108 cm³/mol. The zero-order chi connectivity index (χ0) is 18.0. The molecule has 0 aromatic rings. The number of fused-ring (bicyclic) bond motifs is 1. The summed E-state index contributed by atoms with van der Waals surface area (Å²) in [5.74, 6) is 2.05. The maximum Gasteiger partial charge on any atom is 0.201 e. The topological polar surface area (TPSA) is 46.5 Å². The van der Waals surface area contributed by atoms with E-state index in [4.69, 9.17) is 9.98 Å². The molecule has 4 rings (SSSR count). The van der Waals surface area contributed by atoms with Crippen LogP contribution in [0.2, 0.25) is 0 Å². The number of rotatable bonds is 3. The van der Waals surface area contributed by atoms with Crippen molar-refractivity contribution in [3.63, 3.8) is 0 Å². The van der Waals surface area contributed by atoms with E-state index in [0.29, 0.717) is 0 Å². The maximum atomic E-state index is 4.99. The van der Waals surface area contributed by atoms with Crippen molar-refractivity contribution in [1.82, 2.24) is 20.0 Å². The Kier molecular flexibility index (Phi) is 5.32. The van der Waals surface area contributed by atoms with Crippen LogP contribution in [-0.4, -0.2) is 91.4 Å². The van der Waals surface area contributed by atoms with Gasteiger partial charge in [-0.15, -0.1) is 0 Å².